The number of benzene rings is 1. The molecular weight excluding hydrogens is 344 g/mol. The number of aromatic nitrogens is 3. The highest BCUT2D eigenvalue weighted by Gasteiger charge is 2.26. The molecule has 0 spiro atoms. The third-order valence-electron chi connectivity index (χ3n) is 5.22. The molecule has 0 radical (unpaired) electrons. The molecule has 0 fully saturated rings. The maximum Gasteiger partial charge on any atom is 0.256 e. The molecule has 0 unspecified atom stereocenters. The fraction of sp³-hybridized carbons (Fsp3) is 0.350. The van der Waals surface area contributed by atoms with Crippen molar-refractivity contribution in [3.63, 3.8) is 0 Å². The number of hydrogen-bond donors (Lipinski definition) is 0. The fourth-order valence-corrected chi connectivity index (χ4v) is 3.59. The van der Waals surface area contributed by atoms with Crippen molar-refractivity contribution < 1.29 is 14.3 Å². The Morgan fingerprint density at radius 3 is 2.56 bits per heavy atom. The summed E-state index contributed by atoms with van der Waals surface area (Å²) in [6.07, 6.45) is 2.44. The van der Waals surface area contributed by atoms with Crippen molar-refractivity contribution in [2.24, 2.45) is 7.05 Å². The highest BCUT2D eigenvalue weighted by molar-refractivity contribution is 6.04. The summed E-state index contributed by atoms with van der Waals surface area (Å²) >= 11 is 0. The van der Waals surface area contributed by atoms with Gasteiger partial charge < -0.3 is 18.9 Å². The van der Waals surface area contributed by atoms with Gasteiger partial charge in [-0.3, -0.25) is 4.79 Å². The van der Waals surface area contributed by atoms with Gasteiger partial charge in [-0.25, -0.2) is 9.97 Å². The van der Waals surface area contributed by atoms with E-state index in [1.807, 2.05) is 35.6 Å². The largest absolute Gasteiger partial charge is 0.493 e. The Kier molecular flexibility index (Phi) is 4.22. The van der Waals surface area contributed by atoms with Gasteiger partial charge in [0, 0.05) is 26.3 Å². The van der Waals surface area contributed by atoms with Crippen LogP contribution in [0.4, 0.5) is 0 Å². The van der Waals surface area contributed by atoms with Crippen LogP contribution in [0.2, 0.25) is 0 Å². The smallest absolute Gasteiger partial charge is 0.256 e. The third kappa shape index (κ3) is 2.79. The molecule has 7 heteroatoms. The first-order chi connectivity index (χ1) is 13.0. The van der Waals surface area contributed by atoms with Crippen molar-refractivity contribution in [2.45, 2.75) is 19.9 Å². The number of nitrogens with zero attached hydrogens (tertiary/aromatic N) is 4. The van der Waals surface area contributed by atoms with E-state index in [1.54, 1.807) is 26.5 Å². The van der Waals surface area contributed by atoms with Gasteiger partial charge >= 0.3 is 0 Å². The summed E-state index contributed by atoms with van der Waals surface area (Å²) in [7, 11) is 5.16. The molecule has 4 rings (SSSR count). The van der Waals surface area contributed by atoms with Gasteiger partial charge in [0.15, 0.2) is 17.1 Å². The van der Waals surface area contributed by atoms with E-state index in [-0.39, 0.29) is 5.91 Å². The quantitative estimate of drug-likeness (QED) is 0.712. The third-order valence-corrected chi connectivity index (χ3v) is 5.22. The zero-order valence-corrected chi connectivity index (χ0v) is 15.9. The second-order valence-electron chi connectivity index (χ2n) is 6.70. The van der Waals surface area contributed by atoms with E-state index in [1.165, 1.54) is 5.56 Å². The molecule has 0 bridgehead atoms. The van der Waals surface area contributed by atoms with Gasteiger partial charge in [0.25, 0.3) is 5.91 Å². The predicted molar refractivity (Wildman–Crippen MR) is 101 cm³/mol. The zero-order chi connectivity index (χ0) is 19.1. The molecule has 7 nitrogen and oxygen atoms in total. The van der Waals surface area contributed by atoms with Crippen LogP contribution >= 0.6 is 0 Å². The molecule has 1 aromatic carbocycles. The molecule has 3 heterocycles. The lowest BCUT2D eigenvalue weighted by molar-refractivity contribution is 0.0736. The van der Waals surface area contributed by atoms with Crippen LogP contribution in [-0.4, -0.2) is 46.1 Å². The van der Waals surface area contributed by atoms with Crippen LogP contribution < -0.4 is 9.47 Å². The molecule has 1 aliphatic rings. The first-order valence-electron chi connectivity index (χ1n) is 8.84. The summed E-state index contributed by atoms with van der Waals surface area (Å²) in [5, 5.41) is 0. The number of carbonyl (C=O) groups is 1. The van der Waals surface area contributed by atoms with E-state index in [0.717, 1.165) is 29.2 Å². The van der Waals surface area contributed by atoms with E-state index in [2.05, 4.69) is 9.97 Å². The number of hydrogen-bond acceptors (Lipinski definition) is 5. The summed E-state index contributed by atoms with van der Waals surface area (Å²) < 4.78 is 12.7. The lowest BCUT2D eigenvalue weighted by atomic mass is 9.98. The van der Waals surface area contributed by atoms with Gasteiger partial charge in [0.2, 0.25) is 0 Å². The molecule has 0 aliphatic carbocycles. The second kappa shape index (κ2) is 6.57. The Hall–Kier alpha value is -3.09. The highest BCUT2D eigenvalue weighted by atomic mass is 16.5. The molecule has 0 saturated heterocycles. The number of ether oxygens (including phenoxy) is 2. The summed E-state index contributed by atoms with van der Waals surface area (Å²) in [4.78, 5) is 24.0. The maximum atomic E-state index is 13.2. The Bertz CT molecular complexity index is 1040. The van der Waals surface area contributed by atoms with Crippen LogP contribution in [0.25, 0.3) is 11.2 Å². The van der Waals surface area contributed by atoms with Crippen LogP contribution in [-0.2, 0) is 20.0 Å². The number of amides is 1. The van der Waals surface area contributed by atoms with Gasteiger partial charge in [-0.05, 0) is 42.7 Å². The number of imidazole rings is 1. The van der Waals surface area contributed by atoms with E-state index < -0.39 is 0 Å². The number of fused-ring (bicyclic) bond motifs is 2. The number of pyridine rings is 1. The van der Waals surface area contributed by atoms with Crippen LogP contribution in [0.3, 0.4) is 0 Å². The molecule has 0 saturated carbocycles. The molecule has 27 heavy (non-hydrogen) atoms. The van der Waals surface area contributed by atoms with Crippen LogP contribution in [0.15, 0.2) is 24.4 Å². The van der Waals surface area contributed by atoms with Crippen molar-refractivity contribution in [3.05, 3.63) is 46.9 Å². The Morgan fingerprint density at radius 1 is 1.15 bits per heavy atom. The van der Waals surface area contributed by atoms with E-state index in [0.29, 0.717) is 29.9 Å². The lowest BCUT2D eigenvalue weighted by Crippen LogP contribution is -2.36. The average molecular weight is 366 g/mol. The van der Waals surface area contributed by atoms with Gasteiger partial charge in [0.1, 0.15) is 11.3 Å². The fourth-order valence-electron chi connectivity index (χ4n) is 3.59. The molecular formula is C20H22N4O3. The molecule has 1 aliphatic heterocycles. The van der Waals surface area contributed by atoms with E-state index in [4.69, 9.17) is 9.47 Å². The standard InChI is InChI=1S/C20H22N4O3/c1-12-22-18-15(5-7-21-19(18)23(12)2)20(25)24-8-6-13-9-16(26-3)17(27-4)10-14(13)11-24/h5,7,9-10H,6,8,11H2,1-4H3. The van der Waals surface area contributed by atoms with Crippen molar-refractivity contribution in [1.82, 2.24) is 19.4 Å². The monoisotopic (exact) mass is 366 g/mol. The summed E-state index contributed by atoms with van der Waals surface area (Å²) in [5.74, 6) is 2.20. The number of rotatable bonds is 3. The van der Waals surface area contributed by atoms with Gasteiger partial charge in [0.05, 0.1) is 19.8 Å². The highest BCUT2D eigenvalue weighted by Crippen LogP contribution is 2.33. The summed E-state index contributed by atoms with van der Waals surface area (Å²) in [6, 6.07) is 5.71. The number of carbonyl (C=O) groups excluding carboxylic acids is 1. The predicted octanol–water partition coefficient (Wildman–Crippen LogP) is 2.49. The minimum atomic E-state index is -0.0269. The maximum absolute atomic E-state index is 13.2. The molecule has 3 aromatic rings. The molecule has 1 amide bonds. The topological polar surface area (TPSA) is 69.5 Å². The SMILES string of the molecule is COc1cc2c(cc1OC)CN(C(=O)c1ccnc3c1nc(C)n3C)CC2. The molecule has 2 aromatic heterocycles. The average Bonchev–Trinajstić information content (AvgIpc) is 2.99. The summed E-state index contributed by atoms with van der Waals surface area (Å²) in [5.41, 5.74) is 4.23. The molecule has 0 atom stereocenters. The zero-order valence-electron chi connectivity index (χ0n) is 15.9. The minimum absolute atomic E-state index is 0.0269. The Morgan fingerprint density at radius 2 is 1.85 bits per heavy atom. The van der Waals surface area contributed by atoms with Gasteiger partial charge in [-0.15, -0.1) is 0 Å². The van der Waals surface area contributed by atoms with E-state index in [9.17, 15) is 4.79 Å². The lowest BCUT2D eigenvalue weighted by Gasteiger charge is -2.29. The number of methoxy groups -OCH3 is 2. The summed E-state index contributed by atoms with van der Waals surface area (Å²) in [6.45, 7) is 3.09. The van der Waals surface area contributed by atoms with Crippen LogP contribution in [0.5, 0.6) is 11.5 Å². The van der Waals surface area contributed by atoms with E-state index >= 15 is 0 Å². The Labute approximate surface area is 157 Å². The van der Waals surface area contributed by atoms with Crippen molar-refractivity contribution in [1.29, 1.82) is 0 Å². The van der Waals surface area contributed by atoms with Crippen LogP contribution in [0.1, 0.15) is 27.3 Å². The Balaban J connectivity index is 1.68. The van der Waals surface area contributed by atoms with Gasteiger partial charge in [-0.1, -0.05) is 0 Å². The molecule has 140 valence electrons. The van der Waals surface area contributed by atoms with Crippen molar-refractivity contribution in [3.8, 4) is 11.5 Å². The van der Waals surface area contributed by atoms with Gasteiger partial charge in [-0.2, -0.15) is 0 Å². The number of aryl methyl sites for hydroxylation is 2. The van der Waals surface area contributed by atoms with Crippen molar-refractivity contribution in [2.75, 3.05) is 20.8 Å². The first kappa shape index (κ1) is 17.3. The normalized spacial score (nSPS) is 13.6. The van der Waals surface area contributed by atoms with Crippen molar-refractivity contribution >= 4 is 17.1 Å². The molecule has 0 N–H and O–H groups in total. The second-order valence-corrected chi connectivity index (χ2v) is 6.70. The van der Waals surface area contributed by atoms with Crippen LogP contribution in [0, 0.1) is 6.92 Å². The minimum Gasteiger partial charge on any atom is -0.493 e. The first-order valence-corrected chi connectivity index (χ1v) is 8.84.